The number of aromatic nitrogens is 1. The maximum atomic E-state index is 11.9. The average molecular weight is 391 g/mol. The van der Waals surface area contributed by atoms with Crippen molar-refractivity contribution in [3.63, 3.8) is 0 Å². The molecule has 0 spiro atoms. The lowest BCUT2D eigenvalue weighted by atomic mass is 9.99. The van der Waals surface area contributed by atoms with Crippen molar-refractivity contribution in [1.29, 1.82) is 0 Å². The smallest absolute Gasteiger partial charge is 0.237 e. The van der Waals surface area contributed by atoms with Crippen LogP contribution in [-0.4, -0.2) is 30.0 Å². The standard InChI is InChI=1S/C18H30N4O.2ClH/c1-13(2)10-16(19)18(23)21-12-15-4-5-17(20-11-15)22-8-6-14(3)7-9-22;;/h4-5,11,13-14,16H,6-10,12,19H2,1-3H3,(H,21,23);2*1H/t16-;;/m0../s1. The van der Waals surface area contributed by atoms with Gasteiger partial charge in [0.2, 0.25) is 5.91 Å². The fraction of sp³-hybridized carbons (Fsp3) is 0.667. The number of nitrogens with zero attached hydrogens (tertiary/aromatic N) is 2. The zero-order valence-electron chi connectivity index (χ0n) is 15.4. The summed E-state index contributed by atoms with van der Waals surface area (Å²) in [5, 5.41) is 2.89. The molecule has 2 heterocycles. The molecular formula is C18H32Cl2N4O. The van der Waals surface area contributed by atoms with Gasteiger partial charge in [0.25, 0.3) is 0 Å². The Bertz CT molecular complexity index is 502. The van der Waals surface area contributed by atoms with E-state index in [9.17, 15) is 4.79 Å². The molecule has 1 saturated heterocycles. The maximum Gasteiger partial charge on any atom is 0.237 e. The number of anilines is 1. The third-order valence-corrected chi connectivity index (χ3v) is 4.45. The zero-order valence-corrected chi connectivity index (χ0v) is 17.0. The van der Waals surface area contributed by atoms with Crippen LogP contribution in [0.1, 0.15) is 45.6 Å². The van der Waals surface area contributed by atoms with Gasteiger partial charge in [-0.25, -0.2) is 4.98 Å². The summed E-state index contributed by atoms with van der Waals surface area (Å²) in [4.78, 5) is 18.8. The van der Waals surface area contributed by atoms with Gasteiger partial charge in [0, 0.05) is 25.8 Å². The van der Waals surface area contributed by atoms with Gasteiger partial charge in [-0.05, 0) is 42.7 Å². The van der Waals surface area contributed by atoms with Crippen molar-refractivity contribution >= 4 is 36.5 Å². The summed E-state index contributed by atoms with van der Waals surface area (Å²) in [6.07, 6.45) is 5.01. The third-order valence-electron chi connectivity index (χ3n) is 4.45. The largest absolute Gasteiger partial charge is 0.357 e. The summed E-state index contributed by atoms with van der Waals surface area (Å²) in [6.45, 7) is 9.08. The number of carbonyl (C=O) groups is 1. The first-order valence-corrected chi connectivity index (χ1v) is 8.69. The number of carbonyl (C=O) groups excluding carboxylic acids is 1. The van der Waals surface area contributed by atoms with Crippen LogP contribution in [0, 0.1) is 11.8 Å². The van der Waals surface area contributed by atoms with E-state index in [-0.39, 0.29) is 30.7 Å². The first-order chi connectivity index (χ1) is 11.0. The van der Waals surface area contributed by atoms with E-state index in [4.69, 9.17) is 5.73 Å². The molecule has 1 fully saturated rings. The summed E-state index contributed by atoms with van der Waals surface area (Å²) in [7, 11) is 0. The van der Waals surface area contributed by atoms with Gasteiger partial charge in [0.15, 0.2) is 0 Å². The van der Waals surface area contributed by atoms with Gasteiger partial charge in [0.05, 0.1) is 6.04 Å². The molecule has 0 radical (unpaired) electrons. The SMILES string of the molecule is CC(C)C[C@H](N)C(=O)NCc1ccc(N2CCC(C)CC2)nc1.Cl.Cl. The van der Waals surface area contributed by atoms with Crippen LogP contribution in [0.4, 0.5) is 5.82 Å². The van der Waals surface area contributed by atoms with E-state index in [2.05, 4.69) is 36.0 Å². The Morgan fingerprint density at radius 2 is 1.96 bits per heavy atom. The molecule has 2 rings (SSSR count). The lowest BCUT2D eigenvalue weighted by Gasteiger charge is -2.31. The van der Waals surface area contributed by atoms with Crippen LogP contribution in [-0.2, 0) is 11.3 Å². The molecule has 1 aromatic heterocycles. The zero-order chi connectivity index (χ0) is 16.8. The van der Waals surface area contributed by atoms with Gasteiger partial charge in [0.1, 0.15) is 5.82 Å². The number of nitrogens with two attached hydrogens (primary N) is 1. The van der Waals surface area contributed by atoms with E-state index in [1.54, 1.807) is 0 Å². The van der Waals surface area contributed by atoms with Crippen LogP contribution in [0.15, 0.2) is 18.3 Å². The van der Waals surface area contributed by atoms with Gasteiger partial charge < -0.3 is 16.0 Å². The lowest BCUT2D eigenvalue weighted by molar-refractivity contribution is -0.122. The van der Waals surface area contributed by atoms with Crippen LogP contribution in [0.5, 0.6) is 0 Å². The summed E-state index contributed by atoms with van der Waals surface area (Å²) < 4.78 is 0. The topological polar surface area (TPSA) is 71.2 Å². The van der Waals surface area contributed by atoms with E-state index in [0.29, 0.717) is 18.9 Å². The number of hydrogen-bond donors (Lipinski definition) is 2. The molecule has 0 saturated carbocycles. The third kappa shape index (κ3) is 7.80. The van der Waals surface area contributed by atoms with Crippen molar-refractivity contribution in [3.05, 3.63) is 23.9 Å². The highest BCUT2D eigenvalue weighted by atomic mass is 35.5. The maximum absolute atomic E-state index is 11.9. The molecule has 0 bridgehead atoms. The highest BCUT2D eigenvalue weighted by molar-refractivity contribution is 5.85. The number of amides is 1. The van der Waals surface area contributed by atoms with Crippen molar-refractivity contribution < 1.29 is 4.79 Å². The molecule has 0 aromatic carbocycles. The highest BCUT2D eigenvalue weighted by Crippen LogP contribution is 2.21. The predicted molar refractivity (Wildman–Crippen MR) is 109 cm³/mol. The number of halogens is 2. The minimum Gasteiger partial charge on any atom is -0.357 e. The first-order valence-electron chi connectivity index (χ1n) is 8.69. The second-order valence-electron chi connectivity index (χ2n) is 7.15. The summed E-state index contributed by atoms with van der Waals surface area (Å²) >= 11 is 0. The summed E-state index contributed by atoms with van der Waals surface area (Å²) in [5.74, 6) is 2.18. The van der Waals surface area contributed by atoms with E-state index in [1.807, 2.05) is 18.3 Å². The number of pyridine rings is 1. The Labute approximate surface area is 164 Å². The normalized spacial score (nSPS) is 16.0. The van der Waals surface area contributed by atoms with Crippen molar-refractivity contribution in [2.75, 3.05) is 18.0 Å². The molecule has 0 unspecified atom stereocenters. The number of rotatable bonds is 6. The van der Waals surface area contributed by atoms with E-state index in [0.717, 1.165) is 30.4 Å². The number of nitrogens with one attached hydrogen (secondary N) is 1. The minimum atomic E-state index is -0.433. The lowest BCUT2D eigenvalue weighted by Crippen LogP contribution is -2.41. The quantitative estimate of drug-likeness (QED) is 0.782. The molecule has 1 aromatic rings. The Morgan fingerprint density at radius 3 is 2.48 bits per heavy atom. The minimum absolute atomic E-state index is 0. The van der Waals surface area contributed by atoms with Gasteiger partial charge in [-0.15, -0.1) is 24.8 Å². The molecule has 1 aliphatic heterocycles. The van der Waals surface area contributed by atoms with Crippen LogP contribution in [0.2, 0.25) is 0 Å². The highest BCUT2D eigenvalue weighted by Gasteiger charge is 2.17. The molecule has 1 atom stereocenters. The van der Waals surface area contributed by atoms with Crippen LogP contribution in [0.3, 0.4) is 0 Å². The molecule has 144 valence electrons. The fourth-order valence-electron chi connectivity index (χ4n) is 2.88. The van der Waals surface area contributed by atoms with E-state index in [1.165, 1.54) is 12.8 Å². The Kier molecular flexibility index (Phi) is 11.1. The molecule has 7 heteroatoms. The molecular weight excluding hydrogens is 359 g/mol. The summed E-state index contributed by atoms with van der Waals surface area (Å²) in [6, 6.07) is 3.65. The Morgan fingerprint density at radius 1 is 1.32 bits per heavy atom. The Hall–Kier alpha value is -1.04. The van der Waals surface area contributed by atoms with Crippen molar-refractivity contribution in [2.45, 2.75) is 52.6 Å². The predicted octanol–water partition coefficient (Wildman–Crippen LogP) is 3.15. The fourth-order valence-corrected chi connectivity index (χ4v) is 2.88. The molecule has 25 heavy (non-hydrogen) atoms. The van der Waals surface area contributed by atoms with Gasteiger partial charge in [-0.1, -0.05) is 26.8 Å². The van der Waals surface area contributed by atoms with Crippen molar-refractivity contribution in [2.24, 2.45) is 17.6 Å². The first kappa shape index (κ1) is 24.0. The number of hydrogen-bond acceptors (Lipinski definition) is 4. The molecule has 3 N–H and O–H groups in total. The van der Waals surface area contributed by atoms with E-state index >= 15 is 0 Å². The van der Waals surface area contributed by atoms with Gasteiger partial charge in [-0.3, -0.25) is 4.79 Å². The Balaban J connectivity index is 0.00000288. The van der Waals surface area contributed by atoms with Crippen molar-refractivity contribution in [1.82, 2.24) is 10.3 Å². The van der Waals surface area contributed by atoms with Crippen LogP contribution >= 0.6 is 24.8 Å². The number of piperidine rings is 1. The van der Waals surface area contributed by atoms with Gasteiger partial charge >= 0.3 is 0 Å². The molecule has 1 aliphatic rings. The monoisotopic (exact) mass is 390 g/mol. The van der Waals surface area contributed by atoms with Gasteiger partial charge in [-0.2, -0.15) is 0 Å². The van der Waals surface area contributed by atoms with Crippen LogP contribution in [0.25, 0.3) is 0 Å². The second kappa shape index (κ2) is 11.6. The summed E-state index contributed by atoms with van der Waals surface area (Å²) in [5.41, 5.74) is 6.88. The van der Waals surface area contributed by atoms with Crippen LogP contribution < -0.4 is 16.0 Å². The second-order valence-corrected chi connectivity index (χ2v) is 7.15. The van der Waals surface area contributed by atoms with Crippen molar-refractivity contribution in [3.8, 4) is 0 Å². The molecule has 1 amide bonds. The molecule has 5 nitrogen and oxygen atoms in total. The molecule has 0 aliphatic carbocycles. The average Bonchev–Trinajstić information content (AvgIpc) is 2.53. The van der Waals surface area contributed by atoms with E-state index < -0.39 is 6.04 Å².